The van der Waals surface area contributed by atoms with Gasteiger partial charge in [-0.3, -0.25) is 9.59 Å². The standard InChI is InChI=1S/C16H18N4O3/c1-2-6-13-9-18-11-16(13,19-20-17)15(22)23-10-14(21)12-7-4-3-5-8-12/h2-5,7-8,13,18H,1,6,9-11H2/t13-,16?/m0/s1. The summed E-state index contributed by atoms with van der Waals surface area (Å²) in [7, 11) is 0. The molecular formula is C16H18N4O3. The van der Waals surface area contributed by atoms with Gasteiger partial charge in [0.25, 0.3) is 0 Å². The molecule has 0 radical (unpaired) electrons. The van der Waals surface area contributed by atoms with Gasteiger partial charge in [0.15, 0.2) is 17.9 Å². The predicted molar refractivity (Wildman–Crippen MR) is 84.8 cm³/mol. The average Bonchev–Trinajstić information content (AvgIpc) is 2.97. The van der Waals surface area contributed by atoms with Gasteiger partial charge >= 0.3 is 5.97 Å². The van der Waals surface area contributed by atoms with Gasteiger partial charge in [-0.1, -0.05) is 41.5 Å². The first kappa shape index (κ1) is 16.7. The van der Waals surface area contributed by atoms with Crippen molar-refractivity contribution in [3.63, 3.8) is 0 Å². The van der Waals surface area contributed by atoms with Gasteiger partial charge < -0.3 is 10.1 Å². The molecule has 1 heterocycles. The maximum absolute atomic E-state index is 12.5. The number of esters is 1. The van der Waals surface area contributed by atoms with Gasteiger partial charge in [-0.05, 0) is 24.4 Å². The number of carbonyl (C=O) groups is 2. The first-order chi connectivity index (χ1) is 11.1. The normalized spacial score (nSPS) is 22.9. The van der Waals surface area contributed by atoms with Crippen molar-refractivity contribution in [1.29, 1.82) is 0 Å². The van der Waals surface area contributed by atoms with Crippen LogP contribution in [0.25, 0.3) is 10.4 Å². The van der Waals surface area contributed by atoms with Crippen molar-refractivity contribution >= 4 is 11.8 Å². The van der Waals surface area contributed by atoms with E-state index in [2.05, 4.69) is 21.9 Å². The second kappa shape index (κ2) is 7.58. The van der Waals surface area contributed by atoms with Gasteiger partial charge in [0.2, 0.25) is 0 Å². The van der Waals surface area contributed by atoms with Gasteiger partial charge in [0.1, 0.15) is 0 Å². The van der Waals surface area contributed by atoms with E-state index in [1.807, 2.05) is 0 Å². The Hall–Kier alpha value is -2.63. The highest BCUT2D eigenvalue weighted by atomic mass is 16.5. The molecule has 2 rings (SSSR count). The Morgan fingerprint density at radius 2 is 2.22 bits per heavy atom. The van der Waals surface area contributed by atoms with E-state index < -0.39 is 11.5 Å². The number of carbonyl (C=O) groups excluding carboxylic acids is 2. The molecule has 1 aliphatic heterocycles. The monoisotopic (exact) mass is 314 g/mol. The van der Waals surface area contributed by atoms with Gasteiger partial charge in [-0.15, -0.1) is 6.58 Å². The van der Waals surface area contributed by atoms with Crippen LogP contribution in [0.4, 0.5) is 0 Å². The summed E-state index contributed by atoms with van der Waals surface area (Å²) >= 11 is 0. The van der Waals surface area contributed by atoms with Crippen LogP contribution in [-0.4, -0.2) is 37.0 Å². The molecule has 1 N–H and O–H groups in total. The van der Waals surface area contributed by atoms with Crippen LogP contribution in [0.2, 0.25) is 0 Å². The number of azide groups is 1. The largest absolute Gasteiger partial charge is 0.457 e. The van der Waals surface area contributed by atoms with Crippen molar-refractivity contribution in [3.8, 4) is 0 Å². The number of Topliss-reactive ketones (excluding diaryl/α,β-unsaturated/α-hetero) is 1. The molecular weight excluding hydrogens is 296 g/mol. The van der Waals surface area contributed by atoms with Gasteiger partial charge in [-0.2, -0.15) is 0 Å². The summed E-state index contributed by atoms with van der Waals surface area (Å²) in [6.07, 6.45) is 2.18. The van der Waals surface area contributed by atoms with Crippen LogP contribution in [0.5, 0.6) is 0 Å². The number of allylic oxidation sites excluding steroid dienone is 1. The van der Waals surface area contributed by atoms with E-state index in [0.717, 1.165) is 0 Å². The molecule has 120 valence electrons. The summed E-state index contributed by atoms with van der Waals surface area (Å²) < 4.78 is 5.15. The van der Waals surface area contributed by atoms with Crippen LogP contribution in [0.15, 0.2) is 48.1 Å². The molecule has 0 aromatic heterocycles. The van der Waals surface area contributed by atoms with Crippen LogP contribution >= 0.6 is 0 Å². The zero-order valence-electron chi connectivity index (χ0n) is 12.6. The molecule has 0 saturated carbocycles. The van der Waals surface area contributed by atoms with Crippen molar-refractivity contribution < 1.29 is 14.3 Å². The lowest BCUT2D eigenvalue weighted by Crippen LogP contribution is -2.45. The highest BCUT2D eigenvalue weighted by Crippen LogP contribution is 2.31. The highest BCUT2D eigenvalue weighted by molar-refractivity contribution is 5.98. The number of hydrogen-bond donors (Lipinski definition) is 1. The zero-order valence-corrected chi connectivity index (χ0v) is 12.6. The van der Waals surface area contributed by atoms with E-state index >= 15 is 0 Å². The SMILES string of the molecule is C=CC[C@H]1CNCC1(N=[N+]=[N-])C(=O)OCC(=O)c1ccccc1. The first-order valence-electron chi connectivity index (χ1n) is 7.27. The van der Waals surface area contributed by atoms with E-state index in [1.54, 1.807) is 36.4 Å². The van der Waals surface area contributed by atoms with Gasteiger partial charge in [-0.25, -0.2) is 0 Å². The third-order valence-electron chi connectivity index (χ3n) is 3.92. The van der Waals surface area contributed by atoms with E-state index in [0.29, 0.717) is 18.5 Å². The smallest absolute Gasteiger partial charge is 0.320 e. The van der Waals surface area contributed by atoms with Gasteiger partial charge in [0, 0.05) is 17.0 Å². The molecule has 1 fully saturated rings. The topological polar surface area (TPSA) is 104 Å². The molecule has 1 unspecified atom stereocenters. The molecule has 0 spiro atoms. The van der Waals surface area contributed by atoms with Crippen LogP contribution in [0.3, 0.4) is 0 Å². The Morgan fingerprint density at radius 1 is 1.48 bits per heavy atom. The van der Waals surface area contributed by atoms with Crippen molar-refractivity contribution in [3.05, 3.63) is 59.0 Å². The van der Waals surface area contributed by atoms with Crippen molar-refractivity contribution in [2.75, 3.05) is 19.7 Å². The maximum atomic E-state index is 12.5. The lowest BCUT2D eigenvalue weighted by atomic mass is 9.85. The third-order valence-corrected chi connectivity index (χ3v) is 3.92. The highest BCUT2D eigenvalue weighted by Gasteiger charge is 2.49. The minimum Gasteiger partial charge on any atom is -0.457 e. The summed E-state index contributed by atoms with van der Waals surface area (Å²) in [5.74, 6) is -1.23. The van der Waals surface area contributed by atoms with E-state index in [1.165, 1.54) is 0 Å². The number of nitrogens with zero attached hydrogens (tertiary/aromatic N) is 3. The fourth-order valence-corrected chi connectivity index (χ4v) is 2.67. The van der Waals surface area contributed by atoms with Crippen molar-refractivity contribution in [1.82, 2.24) is 5.32 Å². The second-order valence-electron chi connectivity index (χ2n) is 5.33. The van der Waals surface area contributed by atoms with Crippen LogP contribution < -0.4 is 5.32 Å². The van der Waals surface area contributed by atoms with Crippen LogP contribution in [-0.2, 0) is 9.53 Å². The molecule has 1 aromatic carbocycles. The Morgan fingerprint density at radius 3 is 2.87 bits per heavy atom. The minimum atomic E-state index is -1.33. The molecule has 7 heteroatoms. The summed E-state index contributed by atoms with van der Waals surface area (Å²) in [5.41, 5.74) is 7.94. The Labute approximate surface area is 134 Å². The lowest BCUT2D eigenvalue weighted by Gasteiger charge is -2.26. The third kappa shape index (κ3) is 3.59. The summed E-state index contributed by atoms with van der Waals surface area (Å²) in [5, 5.41) is 6.72. The summed E-state index contributed by atoms with van der Waals surface area (Å²) in [4.78, 5) is 27.3. The predicted octanol–water partition coefficient (Wildman–Crippen LogP) is 2.26. The Balaban J connectivity index is 2.09. The number of hydrogen-bond acceptors (Lipinski definition) is 5. The fourth-order valence-electron chi connectivity index (χ4n) is 2.67. The van der Waals surface area contributed by atoms with E-state index in [4.69, 9.17) is 10.3 Å². The average molecular weight is 314 g/mol. The minimum absolute atomic E-state index is 0.188. The summed E-state index contributed by atoms with van der Waals surface area (Å²) in [6.45, 7) is 3.98. The summed E-state index contributed by atoms with van der Waals surface area (Å²) in [6, 6.07) is 8.56. The molecule has 1 saturated heterocycles. The number of benzene rings is 1. The Bertz CT molecular complexity index is 640. The van der Waals surface area contributed by atoms with Crippen molar-refractivity contribution in [2.45, 2.75) is 12.0 Å². The number of nitrogens with one attached hydrogen (secondary N) is 1. The van der Waals surface area contributed by atoms with Crippen molar-refractivity contribution in [2.24, 2.45) is 11.0 Å². The zero-order chi connectivity index (χ0) is 16.7. The van der Waals surface area contributed by atoms with Crippen LogP contribution in [0.1, 0.15) is 16.8 Å². The quantitative estimate of drug-likeness (QED) is 0.208. The van der Waals surface area contributed by atoms with Crippen LogP contribution in [0, 0.1) is 5.92 Å². The molecule has 7 nitrogen and oxygen atoms in total. The Kier molecular flexibility index (Phi) is 5.51. The number of rotatable bonds is 7. The molecule has 2 atom stereocenters. The molecule has 1 aliphatic rings. The lowest BCUT2D eigenvalue weighted by molar-refractivity contribution is -0.149. The number of ether oxygens (including phenoxy) is 1. The molecule has 23 heavy (non-hydrogen) atoms. The number of ketones is 1. The van der Waals surface area contributed by atoms with Gasteiger partial charge in [0.05, 0.1) is 0 Å². The molecule has 0 aliphatic carbocycles. The first-order valence-corrected chi connectivity index (χ1v) is 7.27. The van der Waals surface area contributed by atoms with E-state index in [9.17, 15) is 9.59 Å². The molecule has 1 aromatic rings. The maximum Gasteiger partial charge on any atom is 0.320 e. The second-order valence-corrected chi connectivity index (χ2v) is 5.33. The fraction of sp³-hybridized carbons (Fsp3) is 0.375. The molecule has 0 bridgehead atoms. The van der Waals surface area contributed by atoms with E-state index in [-0.39, 0.29) is 24.9 Å². The molecule has 0 amide bonds.